The van der Waals surface area contributed by atoms with Crippen molar-refractivity contribution in [1.29, 1.82) is 0 Å². The van der Waals surface area contributed by atoms with Gasteiger partial charge in [0, 0.05) is 33.7 Å². The first-order valence-corrected chi connectivity index (χ1v) is 26.6. The third-order valence-corrected chi connectivity index (χ3v) is 16.2. The summed E-state index contributed by atoms with van der Waals surface area (Å²) in [6, 6.07) is 58.6. The van der Waals surface area contributed by atoms with E-state index in [1.54, 1.807) is 0 Å². The van der Waals surface area contributed by atoms with Crippen LogP contribution in [0, 0.1) is 13.8 Å². The Bertz CT molecular complexity index is 3430. The molecule has 2 heterocycles. The second-order valence-corrected chi connectivity index (χ2v) is 26.1. The zero-order valence-electron chi connectivity index (χ0n) is 46.3. The molecule has 4 heteroatoms. The Labute approximate surface area is 437 Å². The van der Waals surface area contributed by atoms with E-state index in [-0.39, 0.29) is 33.8 Å². The van der Waals surface area contributed by atoms with E-state index in [0.717, 1.165) is 34.1 Å². The van der Waals surface area contributed by atoms with Gasteiger partial charge in [-0.05, 0) is 163 Å². The topological polar surface area (TPSA) is 15.7 Å². The lowest BCUT2D eigenvalue weighted by Crippen LogP contribution is -2.60. The molecule has 73 heavy (non-hydrogen) atoms. The van der Waals surface area contributed by atoms with Crippen LogP contribution in [-0.2, 0) is 27.1 Å². The number of benzene rings is 8. The number of hydrogen-bond acceptors (Lipinski definition) is 3. The second-order valence-electron chi connectivity index (χ2n) is 26.1. The summed E-state index contributed by atoms with van der Waals surface area (Å²) in [4.78, 5) is 5.14. The van der Waals surface area contributed by atoms with Crippen LogP contribution in [0.1, 0.15) is 141 Å². The van der Waals surface area contributed by atoms with E-state index in [9.17, 15) is 0 Å². The summed E-state index contributed by atoms with van der Waals surface area (Å²) < 4.78 is 7.27. The van der Waals surface area contributed by atoms with Gasteiger partial charge in [0.2, 0.25) is 0 Å². The molecule has 0 N–H and O–H groups in total. The summed E-state index contributed by atoms with van der Waals surface area (Å²) in [5.74, 6) is 1.85. The quantitative estimate of drug-likeness (QED) is 0.160. The van der Waals surface area contributed by atoms with Crippen LogP contribution in [0.3, 0.4) is 0 Å². The molecule has 3 nitrogen and oxygen atoms in total. The van der Waals surface area contributed by atoms with Crippen molar-refractivity contribution in [2.75, 3.05) is 9.80 Å². The van der Waals surface area contributed by atoms with Crippen LogP contribution >= 0.6 is 0 Å². The van der Waals surface area contributed by atoms with E-state index in [1.165, 1.54) is 94.6 Å². The lowest BCUT2D eigenvalue weighted by atomic mass is 9.33. The summed E-state index contributed by atoms with van der Waals surface area (Å²) in [7, 11) is 0. The third kappa shape index (κ3) is 8.12. The Morgan fingerprint density at radius 3 is 1.55 bits per heavy atom. The van der Waals surface area contributed by atoms with Crippen molar-refractivity contribution in [3.05, 3.63) is 196 Å². The van der Waals surface area contributed by atoms with Crippen LogP contribution in [0.15, 0.2) is 152 Å². The van der Waals surface area contributed by atoms with Crippen LogP contribution in [0.25, 0.3) is 22.3 Å². The molecule has 368 valence electrons. The van der Waals surface area contributed by atoms with E-state index in [0.29, 0.717) is 0 Å². The van der Waals surface area contributed by atoms with Crippen LogP contribution in [0.4, 0.5) is 34.1 Å². The number of rotatable bonds is 5. The molecule has 0 aromatic heterocycles. The molecule has 0 unspecified atom stereocenters. The maximum Gasteiger partial charge on any atom is 0.256 e. The lowest BCUT2D eigenvalue weighted by molar-refractivity contribution is 0.486. The third-order valence-electron chi connectivity index (χ3n) is 16.2. The van der Waals surface area contributed by atoms with Crippen molar-refractivity contribution in [3.8, 4) is 33.8 Å². The highest BCUT2D eigenvalue weighted by atomic mass is 16.5. The van der Waals surface area contributed by atoms with Gasteiger partial charge >= 0.3 is 0 Å². The molecule has 0 saturated heterocycles. The minimum Gasteiger partial charge on any atom is -0.458 e. The first-order chi connectivity index (χ1) is 34.3. The molecular weight excluding hydrogens is 884 g/mol. The lowest BCUT2D eigenvalue weighted by Gasteiger charge is -2.43. The molecule has 11 rings (SSSR count). The van der Waals surface area contributed by atoms with Gasteiger partial charge in [-0.15, -0.1) is 0 Å². The highest BCUT2D eigenvalue weighted by molar-refractivity contribution is 6.99. The number of nitrogens with zero attached hydrogens (tertiary/aromatic N) is 2. The summed E-state index contributed by atoms with van der Waals surface area (Å²) >= 11 is 0. The normalized spacial score (nSPS) is 14.5. The average Bonchev–Trinajstić information content (AvgIpc) is 3.56. The molecule has 0 fully saturated rings. The van der Waals surface area contributed by atoms with Gasteiger partial charge in [0.05, 0.1) is 11.4 Å². The maximum absolute atomic E-state index is 7.27. The average molecular weight is 957 g/mol. The molecule has 0 bridgehead atoms. The minimum atomic E-state index is -0.368. The van der Waals surface area contributed by atoms with Crippen molar-refractivity contribution in [3.63, 3.8) is 0 Å². The SMILES string of the molecule is Cc1cc(C)cc(-c2cc3c4c(c2)N(c2ccc(N(c5ccc(C(C)(C)C)cc5)c5ccc(C(C)(C)C)cc5)c5c2C(C)(C)c2ccccc2-5)c2ccc(C(C)(C)C)cc2B4c2cc(C(C)(C)C)ccc2O3)c1. The number of ether oxygens (including phenoxy) is 1. The summed E-state index contributed by atoms with van der Waals surface area (Å²) in [6.07, 6.45) is 0. The molecule has 0 spiro atoms. The molecule has 0 atom stereocenters. The fraction of sp³-hybridized carbons (Fsp3) is 0.304. The van der Waals surface area contributed by atoms with E-state index in [4.69, 9.17) is 4.74 Å². The fourth-order valence-corrected chi connectivity index (χ4v) is 12.1. The number of anilines is 6. The first-order valence-electron chi connectivity index (χ1n) is 26.6. The van der Waals surface area contributed by atoms with Crippen LogP contribution in [0.2, 0.25) is 0 Å². The number of fused-ring (bicyclic) bond motifs is 7. The van der Waals surface area contributed by atoms with Crippen molar-refractivity contribution >= 4 is 57.2 Å². The molecule has 0 amide bonds. The standard InChI is InChI=1S/C69H73BN2O/c1-42-35-43(2)37-44(36-42)45-38-59-64-61(39-45)73-60-34-26-49(68(12,13)14)41-55(60)70(64)54-40-48(67(9,10)11)25-31-56(54)72(59)58-33-32-57(62-52-19-17-18-20-53(52)69(15,16)63(58)62)71(50-27-21-46(22-28-50)65(3,4)5)51-29-23-47(24-30-51)66(6,7)8/h17-41H,1-16H3. The Balaban J connectivity index is 1.24. The van der Waals surface area contributed by atoms with Gasteiger partial charge in [0.25, 0.3) is 6.71 Å². The Morgan fingerprint density at radius 1 is 0.466 bits per heavy atom. The molecule has 0 saturated carbocycles. The second kappa shape index (κ2) is 16.6. The van der Waals surface area contributed by atoms with Crippen molar-refractivity contribution in [2.24, 2.45) is 0 Å². The smallest absolute Gasteiger partial charge is 0.256 e. The largest absolute Gasteiger partial charge is 0.458 e. The zero-order valence-corrected chi connectivity index (χ0v) is 46.3. The van der Waals surface area contributed by atoms with Gasteiger partial charge in [0.15, 0.2) is 0 Å². The Kier molecular flexibility index (Phi) is 11.0. The highest BCUT2D eigenvalue weighted by Gasteiger charge is 2.47. The summed E-state index contributed by atoms with van der Waals surface area (Å²) in [5.41, 5.74) is 25.6. The Hall–Kier alpha value is -6.78. The van der Waals surface area contributed by atoms with Crippen molar-refractivity contribution in [2.45, 2.75) is 138 Å². The summed E-state index contributed by atoms with van der Waals surface area (Å²) in [6.45, 7) is 37.0. The van der Waals surface area contributed by atoms with Crippen molar-refractivity contribution < 1.29 is 4.74 Å². The predicted molar refractivity (Wildman–Crippen MR) is 314 cm³/mol. The van der Waals surface area contributed by atoms with Gasteiger partial charge in [0.1, 0.15) is 11.5 Å². The predicted octanol–water partition coefficient (Wildman–Crippen LogP) is 17.3. The van der Waals surface area contributed by atoms with Crippen molar-refractivity contribution in [1.82, 2.24) is 0 Å². The molecule has 8 aromatic rings. The first kappa shape index (κ1) is 48.5. The van der Waals surface area contributed by atoms with Gasteiger partial charge in [-0.1, -0.05) is 199 Å². The molecule has 3 aliphatic rings. The van der Waals surface area contributed by atoms with E-state index >= 15 is 0 Å². The van der Waals surface area contributed by atoms with Gasteiger partial charge in [-0.2, -0.15) is 0 Å². The fourth-order valence-electron chi connectivity index (χ4n) is 12.1. The van der Waals surface area contributed by atoms with E-state index in [2.05, 4.69) is 272 Å². The van der Waals surface area contributed by atoms with Gasteiger partial charge in [-0.25, -0.2) is 0 Å². The molecule has 0 radical (unpaired) electrons. The summed E-state index contributed by atoms with van der Waals surface area (Å²) in [5, 5.41) is 0. The molecule has 2 aliphatic heterocycles. The molecule has 8 aromatic carbocycles. The van der Waals surface area contributed by atoms with Crippen LogP contribution in [-0.4, -0.2) is 6.71 Å². The molecule has 1 aliphatic carbocycles. The number of hydrogen-bond donors (Lipinski definition) is 0. The minimum absolute atomic E-state index is 0.0254. The number of aryl methyl sites for hydroxylation is 2. The van der Waals surface area contributed by atoms with Gasteiger partial charge in [-0.3, -0.25) is 0 Å². The highest BCUT2D eigenvalue weighted by Crippen LogP contribution is 2.59. The van der Waals surface area contributed by atoms with E-state index < -0.39 is 0 Å². The van der Waals surface area contributed by atoms with E-state index in [1.807, 2.05) is 0 Å². The van der Waals surface area contributed by atoms with Gasteiger partial charge < -0.3 is 14.5 Å². The monoisotopic (exact) mass is 957 g/mol. The Morgan fingerprint density at radius 2 is 0.973 bits per heavy atom. The maximum atomic E-state index is 7.27. The molecular formula is C69H73BN2O. The van der Waals surface area contributed by atoms with Crippen LogP contribution < -0.4 is 30.9 Å². The zero-order chi connectivity index (χ0) is 51.9. The van der Waals surface area contributed by atoms with Crippen LogP contribution in [0.5, 0.6) is 11.5 Å².